The molecule has 0 aromatic carbocycles. The molecule has 0 amide bonds. The highest BCUT2D eigenvalue weighted by molar-refractivity contribution is 7.26. The average molecular weight is 131 g/mol. The number of nitrogens with two attached hydrogens (primary N) is 1. The molecule has 0 fully saturated rings. The minimum atomic E-state index is -0.213. The average Bonchev–Trinajstić information content (AvgIpc) is 1.85. The van der Waals surface area contributed by atoms with Crippen LogP contribution in [0, 0.1) is 0 Å². The molecule has 8 heavy (non-hydrogen) atoms. The van der Waals surface area contributed by atoms with E-state index in [2.05, 4.69) is 13.7 Å². The SMILES string of the molecule is Nc1cc(P)oc1O. The summed E-state index contributed by atoms with van der Waals surface area (Å²) in [4.78, 5) is 0. The number of anilines is 1. The lowest BCUT2D eigenvalue weighted by molar-refractivity contribution is 0.346. The number of nitrogen functional groups attached to an aromatic ring is 1. The van der Waals surface area contributed by atoms with Gasteiger partial charge in [-0.05, 0) is 0 Å². The Bertz CT molecular complexity index is 176. The second-order valence-electron chi connectivity index (χ2n) is 1.41. The molecule has 1 aromatic heterocycles. The number of rotatable bonds is 0. The van der Waals surface area contributed by atoms with Gasteiger partial charge in [-0.1, -0.05) is 9.24 Å². The van der Waals surface area contributed by atoms with Crippen molar-refractivity contribution in [2.45, 2.75) is 0 Å². The summed E-state index contributed by atoms with van der Waals surface area (Å²) in [5, 5.41) is 8.64. The molecule has 0 radical (unpaired) electrons. The first-order valence-corrected chi connectivity index (χ1v) is 2.61. The zero-order valence-electron chi connectivity index (χ0n) is 4.09. The van der Waals surface area contributed by atoms with E-state index in [9.17, 15) is 0 Å². The van der Waals surface area contributed by atoms with Gasteiger partial charge in [-0.3, -0.25) is 0 Å². The van der Waals surface area contributed by atoms with Gasteiger partial charge in [0.25, 0.3) is 0 Å². The van der Waals surface area contributed by atoms with Gasteiger partial charge in [0.15, 0.2) is 0 Å². The monoisotopic (exact) mass is 131 g/mol. The van der Waals surface area contributed by atoms with Gasteiger partial charge in [0.2, 0.25) is 0 Å². The van der Waals surface area contributed by atoms with Crippen molar-refractivity contribution >= 4 is 20.4 Å². The molecule has 1 aromatic rings. The molecule has 1 atom stereocenters. The molecule has 1 heterocycles. The summed E-state index contributed by atoms with van der Waals surface area (Å²) in [6.07, 6.45) is 0. The van der Waals surface area contributed by atoms with Crippen LogP contribution in [0.5, 0.6) is 5.95 Å². The van der Waals surface area contributed by atoms with E-state index < -0.39 is 0 Å². The predicted molar refractivity (Wildman–Crippen MR) is 34.1 cm³/mol. The Morgan fingerprint density at radius 3 is 2.50 bits per heavy atom. The van der Waals surface area contributed by atoms with E-state index >= 15 is 0 Å². The molecule has 0 bridgehead atoms. The molecule has 4 heteroatoms. The number of hydrogen-bond donors (Lipinski definition) is 2. The Morgan fingerprint density at radius 2 is 2.38 bits per heavy atom. The van der Waals surface area contributed by atoms with Crippen molar-refractivity contribution < 1.29 is 9.52 Å². The molecule has 1 rings (SSSR count). The third kappa shape index (κ3) is 0.771. The normalized spacial score (nSPS) is 9.62. The molecule has 0 spiro atoms. The van der Waals surface area contributed by atoms with Gasteiger partial charge in [-0.15, -0.1) is 0 Å². The highest BCUT2D eigenvalue weighted by atomic mass is 31.0. The van der Waals surface area contributed by atoms with Crippen LogP contribution >= 0.6 is 9.24 Å². The predicted octanol–water partition coefficient (Wildman–Crippen LogP) is 0.0678. The summed E-state index contributed by atoms with van der Waals surface area (Å²) in [5.74, 6) is -0.213. The van der Waals surface area contributed by atoms with Crippen LogP contribution in [-0.2, 0) is 0 Å². The fourth-order valence-electron chi connectivity index (χ4n) is 0.415. The lowest BCUT2D eigenvalue weighted by atomic mass is 10.5. The van der Waals surface area contributed by atoms with Crippen molar-refractivity contribution in [1.29, 1.82) is 0 Å². The van der Waals surface area contributed by atoms with Crippen LogP contribution in [0.1, 0.15) is 0 Å². The lowest BCUT2D eigenvalue weighted by Crippen LogP contribution is -1.80. The van der Waals surface area contributed by atoms with Gasteiger partial charge in [0.1, 0.15) is 11.2 Å². The number of furan rings is 1. The summed E-state index contributed by atoms with van der Waals surface area (Å²) in [5.41, 5.74) is 6.00. The molecular weight excluding hydrogens is 125 g/mol. The van der Waals surface area contributed by atoms with Gasteiger partial charge in [-0.25, -0.2) is 0 Å². The Kier molecular flexibility index (Phi) is 1.14. The molecule has 0 aliphatic rings. The fraction of sp³-hybridized carbons (Fsp3) is 0. The summed E-state index contributed by atoms with van der Waals surface area (Å²) >= 11 is 0. The first kappa shape index (κ1) is 5.45. The molecule has 1 unspecified atom stereocenters. The fourth-order valence-corrected chi connectivity index (χ4v) is 0.706. The van der Waals surface area contributed by atoms with E-state index in [-0.39, 0.29) is 11.6 Å². The van der Waals surface area contributed by atoms with Crippen LogP contribution in [0.2, 0.25) is 0 Å². The van der Waals surface area contributed by atoms with Crippen LogP contribution in [0.25, 0.3) is 0 Å². The zero-order chi connectivity index (χ0) is 6.15. The van der Waals surface area contributed by atoms with Crippen molar-refractivity contribution in [1.82, 2.24) is 0 Å². The van der Waals surface area contributed by atoms with Crippen LogP contribution in [0.15, 0.2) is 10.5 Å². The third-order valence-electron chi connectivity index (χ3n) is 0.759. The van der Waals surface area contributed by atoms with Crippen LogP contribution < -0.4 is 11.2 Å². The van der Waals surface area contributed by atoms with Crippen molar-refractivity contribution in [3.63, 3.8) is 0 Å². The molecule has 44 valence electrons. The topological polar surface area (TPSA) is 59.4 Å². The highest BCUT2D eigenvalue weighted by Crippen LogP contribution is 2.18. The zero-order valence-corrected chi connectivity index (χ0v) is 5.24. The van der Waals surface area contributed by atoms with E-state index in [0.29, 0.717) is 5.50 Å². The summed E-state index contributed by atoms with van der Waals surface area (Å²) in [7, 11) is 2.28. The first-order chi connectivity index (χ1) is 3.70. The third-order valence-corrected chi connectivity index (χ3v) is 1.04. The van der Waals surface area contributed by atoms with Crippen LogP contribution in [-0.4, -0.2) is 5.11 Å². The van der Waals surface area contributed by atoms with Gasteiger partial charge in [0, 0.05) is 6.07 Å². The highest BCUT2D eigenvalue weighted by Gasteiger charge is 2.00. The molecule has 3 nitrogen and oxygen atoms in total. The maximum Gasteiger partial charge on any atom is 0.306 e. The maximum atomic E-state index is 8.64. The van der Waals surface area contributed by atoms with Crippen molar-refractivity contribution in [3.8, 4) is 5.95 Å². The largest absolute Gasteiger partial charge is 0.479 e. The van der Waals surface area contributed by atoms with Crippen LogP contribution in [0.4, 0.5) is 5.69 Å². The Labute approximate surface area is 48.7 Å². The smallest absolute Gasteiger partial charge is 0.306 e. The van der Waals surface area contributed by atoms with Crippen LogP contribution in [0.3, 0.4) is 0 Å². The van der Waals surface area contributed by atoms with E-state index in [4.69, 9.17) is 10.8 Å². The van der Waals surface area contributed by atoms with Crippen molar-refractivity contribution in [2.75, 3.05) is 5.73 Å². The molecule has 0 saturated heterocycles. The maximum absolute atomic E-state index is 8.64. The molecule has 3 N–H and O–H groups in total. The number of aromatic hydroxyl groups is 1. The Balaban J connectivity index is 3.14. The minimum absolute atomic E-state index is 0.213. The molecule has 0 aliphatic carbocycles. The summed E-state index contributed by atoms with van der Waals surface area (Å²) in [6, 6.07) is 1.53. The Morgan fingerprint density at radius 1 is 1.75 bits per heavy atom. The van der Waals surface area contributed by atoms with E-state index in [1.807, 2.05) is 0 Å². The first-order valence-electron chi connectivity index (χ1n) is 2.04. The van der Waals surface area contributed by atoms with Gasteiger partial charge < -0.3 is 15.3 Å². The van der Waals surface area contributed by atoms with E-state index in [1.54, 1.807) is 0 Å². The molecule has 0 saturated carbocycles. The van der Waals surface area contributed by atoms with E-state index in [1.165, 1.54) is 6.07 Å². The lowest BCUT2D eigenvalue weighted by Gasteiger charge is -1.79. The second-order valence-corrected chi connectivity index (χ2v) is 1.98. The van der Waals surface area contributed by atoms with E-state index in [0.717, 1.165) is 0 Å². The van der Waals surface area contributed by atoms with Crippen molar-refractivity contribution in [3.05, 3.63) is 6.07 Å². The van der Waals surface area contributed by atoms with Crippen molar-refractivity contribution in [2.24, 2.45) is 0 Å². The summed E-state index contributed by atoms with van der Waals surface area (Å²) < 4.78 is 4.61. The molecule has 0 aliphatic heterocycles. The summed E-state index contributed by atoms with van der Waals surface area (Å²) in [6.45, 7) is 0. The minimum Gasteiger partial charge on any atom is -0.479 e. The van der Waals surface area contributed by atoms with Gasteiger partial charge >= 0.3 is 5.95 Å². The number of hydrogen-bond acceptors (Lipinski definition) is 3. The molecular formula is C4H6NO2P. The van der Waals surface area contributed by atoms with Gasteiger partial charge in [-0.2, -0.15) is 0 Å². The second kappa shape index (κ2) is 1.67. The Hall–Kier alpha value is -0.690. The standard InChI is InChI=1S/C4H6NO2P/c5-2-1-3(8)7-4(2)6/h1,6H,5,8H2. The van der Waals surface area contributed by atoms with Gasteiger partial charge in [0.05, 0.1) is 0 Å². The quantitative estimate of drug-likeness (QED) is 0.490.